The first-order chi connectivity index (χ1) is 18.4. The van der Waals surface area contributed by atoms with Crippen molar-refractivity contribution >= 4 is 34.4 Å². The molecule has 3 aromatic carbocycles. The van der Waals surface area contributed by atoms with Crippen LogP contribution < -0.4 is 11.1 Å². The molecule has 1 aliphatic heterocycles. The van der Waals surface area contributed by atoms with Gasteiger partial charge >= 0.3 is 5.97 Å². The Hall–Kier alpha value is -4.20. The molecule has 0 aromatic heterocycles. The molecular formula is C30H34N4O4. The van der Waals surface area contributed by atoms with Gasteiger partial charge in [-0.15, -0.1) is 0 Å². The normalized spacial score (nSPS) is 17.0. The van der Waals surface area contributed by atoms with Gasteiger partial charge in [0.1, 0.15) is 5.84 Å². The van der Waals surface area contributed by atoms with E-state index in [2.05, 4.69) is 17.4 Å². The number of aryl methyl sites for hydroxylation is 1. The summed E-state index contributed by atoms with van der Waals surface area (Å²) in [5.41, 5.74) is 7.95. The second kappa shape index (κ2) is 12.4. The molecule has 8 nitrogen and oxygen atoms in total. The maximum Gasteiger partial charge on any atom is 0.306 e. The van der Waals surface area contributed by atoms with Gasteiger partial charge in [0.15, 0.2) is 0 Å². The lowest BCUT2D eigenvalue weighted by molar-refractivity contribution is -0.144. The molecule has 0 spiro atoms. The van der Waals surface area contributed by atoms with E-state index in [0.29, 0.717) is 37.1 Å². The smallest absolute Gasteiger partial charge is 0.306 e. The fraction of sp³-hybridized carbons (Fsp3) is 0.333. The van der Waals surface area contributed by atoms with Gasteiger partial charge in [0, 0.05) is 30.3 Å². The molecule has 2 amide bonds. The minimum absolute atomic E-state index is 0.0180. The van der Waals surface area contributed by atoms with E-state index in [9.17, 15) is 14.4 Å². The monoisotopic (exact) mass is 514 g/mol. The number of fused-ring (bicyclic) bond motifs is 1. The number of esters is 1. The molecule has 8 heteroatoms. The third kappa shape index (κ3) is 6.56. The number of carbonyl (C=O) groups is 3. The number of nitrogen functional groups attached to an aromatic ring is 1. The Morgan fingerprint density at radius 3 is 2.47 bits per heavy atom. The Bertz CT molecular complexity index is 1320. The molecule has 38 heavy (non-hydrogen) atoms. The van der Waals surface area contributed by atoms with Gasteiger partial charge in [-0.3, -0.25) is 19.8 Å². The van der Waals surface area contributed by atoms with Crippen LogP contribution in [0.2, 0.25) is 0 Å². The molecule has 0 aliphatic carbocycles. The zero-order valence-electron chi connectivity index (χ0n) is 21.6. The highest BCUT2D eigenvalue weighted by atomic mass is 16.5. The van der Waals surface area contributed by atoms with Gasteiger partial charge in [0.2, 0.25) is 5.91 Å². The van der Waals surface area contributed by atoms with Crippen molar-refractivity contribution < 1.29 is 19.1 Å². The van der Waals surface area contributed by atoms with Gasteiger partial charge < -0.3 is 20.7 Å². The summed E-state index contributed by atoms with van der Waals surface area (Å²) in [6.45, 7) is 1.01. The van der Waals surface area contributed by atoms with Crippen LogP contribution in [0.25, 0.3) is 10.8 Å². The molecule has 0 radical (unpaired) electrons. The fourth-order valence-electron chi connectivity index (χ4n) is 5.10. The van der Waals surface area contributed by atoms with Crippen LogP contribution in [-0.2, 0) is 20.7 Å². The second-order valence-electron chi connectivity index (χ2n) is 9.72. The lowest BCUT2D eigenvalue weighted by Crippen LogP contribution is -2.37. The van der Waals surface area contributed by atoms with E-state index in [1.165, 1.54) is 12.7 Å². The third-order valence-electron chi connectivity index (χ3n) is 7.15. The molecule has 0 unspecified atom stereocenters. The molecule has 1 fully saturated rings. The Balaban J connectivity index is 1.37. The predicted molar refractivity (Wildman–Crippen MR) is 147 cm³/mol. The number of nitrogens with two attached hydrogens (primary N) is 1. The summed E-state index contributed by atoms with van der Waals surface area (Å²) >= 11 is 0. The highest BCUT2D eigenvalue weighted by Gasteiger charge is 2.39. The van der Waals surface area contributed by atoms with Crippen LogP contribution in [-0.4, -0.2) is 54.8 Å². The minimum atomic E-state index is -0.393. The Morgan fingerprint density at radius 2 is 1.76 bits per heavy atom. The Kier molecular flexibility index (Phi) is 8.73. The lowest BCUT2D eigenvalue weighted by atomic mass is 10.00. The van der Waals surface area contributed by atoms with E-state index in [4.69, 9.17) is 15.9 Å². The quantitative estimate of drug-likeness (QED) is 0.205. The predicted octanol–water partition coefficient (Wildman–Crippen LogP) is 3.66. The van der Waals surface area contributed by atoms with E-state index in [0.717, 1.165) is 23.6 Å². The number of hydrogen-bond donors (Lipinski definition) is 3. The van der Waals surface area contributed by atoms with Crippen molar-refractivity contribution in [1.82, 2.24) is 10.2 Å². The molecule has 1 aliphatic rings. The van der Waals surface area contributed by atoms with Crippen LogP contribution in [0.4, 0.5) is 0 Å². The van der Waals surface area contributed by atoms with E-state index >= 15 is 0 Å². The molecule has 0 saturated carbocycles. The molecular weight excluding hydrogens is 480 g/mol. The largest absolute Gasteiger partial charge is 0.469 e. The van der Waals surface area contributed by atoms with Crippen molar-refractivity contribution in [2.45, 2.75) is 38.1 Å². The summed E-state index contributed by atoms with van der Waals surface area (Å²) in [5, 5.41) is 12.4. The number of likely N-dealkylation sites (tertiary alicyclic amines) is 1. The number of hydrogen-bond acceptors (Lipinski definition) is 5. The highest BCUT2D eigenvalue weighted by Crippen LogP contribution is 2.30. The van der Waals surface area contributed by atoms with Gasteiger partial charge in [0.25, 0.3) is 5.91 Å². The molecule has 0 bridgehead atoms. The van der Waals surface area contributed by atoms with Crippen LogP contribution >= 0.6 is 0 Å². The van der Waals surface area contributed by atoms with Crippen LogP contribution in [0, 0.1) is 11.3 Å². The second-order valence-corrected chi connectivity index (χ2v) is 9.72. The maximum absolute atomic E-state index is 13.1. The number of nitrogens with one attached hydrogen (secondary N) is 2. The number of benzene rings is 3. The van der Waals surface area contributed by atoms with Gasteiger partial charge in [-0.25, -0.2) is 0 Å². The molecule has 1 heterocycles. The number of carbonyl (C=O) groups excluding carboxylic acids is 3. The van der Waals surface area contributed by atoms with Crippen molar-refractivity contribution in [3.8, 4) is 0 Å². The third-order valence-corrected chi connectivity index (χ3v) is 7.15. The topological polar surface area (TPSA) is 126 Å². The molecule has 3 aromatic rings. The summed E-state index contributed by atoms with van der Waals surface area (Å²) < 4.78 is 4.80. The van der Waals surface area contributed by atoms with Crippen LogP contribution in [0.3, 0.4) is 0 Å². The number of methoxy groups -OCH3 is 1. The van der Waals surface area contributed by atoms with Gasteiger partial charge in [0.05, 0.1) is 19.4 Å². The number of ether oxygens (including phenoxy) is 1. The first kappa shape index (κ1) is 26.9. The zero-order chi connectivity index (χ0) is 27.1. The maximum atomic E-state index is 13.1. The first-order valence-electron chi connectivity index (χ1n) is 12.9. The van der Waals surface area contributed by atoms with Gasteiger partial charge in [-0.1, -0.05) is 48.5 Å². The zero-order valence-corrected chi connectivity index (χ0v) is 21.6. The summed E-state index contributed by atoms with van der Waals surface area (Å²) in [7, 11) is 1.33. The number of rotatable bonds is 11. The molecule has 4 rings (SSSR count). The number of amides is 2. The van der Waals surface area contributed by atoms with Gasteiger partial charge in [-0.2, -0.15) is 0 Å². The van der Waals surface area contributed by atoms with Crippen molar-refractivity contribution in [2.24, 2.45) is 11.7 Å². The van der Waals surface area contributed by atoms with E-state index < -0.39 is 5.92 Å². The number of nitrogens with zero attached hydrogens (tertiary/aromatic N) is 1. The average Bonchev–Trinajstić information content (AvgIpc) is 3.21. The standard InChI is InChI=1S/C30H34N4O4/c1-38-27(35)19-25-18-26(34(30(25)37)15-5-8-20-6-3-2-4-7-20)13-14-33-29(36)23-12-10-21-9-11-22(28(31)32)16-24(21)17-23/h2-4,6-7,9-12,16-17,25-26H,5,8,13-15,18-19H2,1H3,(H3,31,32)(H,33,36)/t25-,26+/m0/s1. The lowest BCUT2D eigenvalue weighted by Gasteiger charge is -2.25. The molecule has 198 valence electrons. The summed E-state index contributed by atoms with van der Waals surface area (Å²) in [4.78, 5) is 39.8. The summed E-state index contributed by atoms with van der Waals surface area (Å²) in [6, 6.07) is 21.0. The van der Waals surface area contributed by atoms with Crippen molar-refractivity contribution in [2.75, 3.05) is 20.2 Å². The Morgan fingerprint density at radius 1 is 1.05 bits per heavy atom. The highest BCUT2D eigenvalue weighted by molar-refractivity contribution is 6.02. The molecule has 4 N–H and O–H groups in total. The van der Waals surface area contributed by atoms with Crippen molar-refractivity contribution in [3.05, 3.63) is 83.4 Å². The van der Waals surface area contributed by atoms with E-state index in [1.807, 2.05) is 35.2 Å². The average molecular weight is 515 g/mol. The van der Waals surface area contributed by atoms with Gasteiger partial charge in [-0.05, 0) is 60.2 Å². The van der Waals surface area contributed by atoms with Crippen molar-refractivity contribution in [3.63, 3.8) is 0 Å². The SMILES string of the molecule is COC(=O)C[C@@H]1C[C@@H](CCNC(=O)c2ccc3ccc(C(=N)N)cc3c2)N(CCCc2ccccc2)C1=O. The van der Waals surface area contributed by atoms with Crippen LogP contribution in [0.5, 0.6) is 0 Å². The minimum Gasteiger partial charge on any atom is -0.469 e. The van der Waals surface area contributed by atoms with Crippen LogP contribution in [0.15, 0.2) is 66.7 Å². The molecule has 2 atom stereocenters. The van der Waals surface area contributed by atoms with E-state index in [-0.39, 0.29) is 36.1 Å². The fourth-order valence-corrected chi connectivity index (χ4v) is 5.10. The Labute approximate surface area is 222 Å². The molecule has 1 saturated heterocycles. The first-order valence-corrected chi connectivity index (χ1v) is 12.9. The summed E-state index contributed by atoms with van der Waals surface area (Å²) in [5.74, 6) is -1.02. The summed E-state index contributed by atoms with van der Waals surface area (Å²) in [6.07, 6.45) is 2.93. The van der Waals surface area contributed by atoms with Crippen molar-refractivity contribution in [1.29, 1.82) is 5.41 Å². The van der Waals surface area contributed by atoms with Crippen LogP contribution in [0.1, 0.15) is 47.2 Å². The van der Waals surface area contributed by atoms with E-state index in [1.54, 1.807) is 24.3 Å². The number of amidine groups is 1.